The maximum Gasteiger partial charge on any atom is 0.108 e. The molecule has 2 fully saturated rings. The fourth-order valence-corrected chi connectivity index (χ4v) is 3.57. The lowest BCUT2D eigenvalue weighted by Gasteiger charge is -2.37. The second kappa shape index (κ2) is 5.37. The van der Waals surface area contributed by atoms with Crippen LogP contribution in [0, 0.1) is 0 Å². The van der Waals surface area contributed by atoms with Crippen LogP contribution in [0.4, 0.5) is 0 Å². The van der Waals surface area contributed by atoms with Gasteiger partial charge in [-0.05, 0) is 32.7 Å². The summed E-state index contributed by atoms with van der Waals surface area (Å²) in [6.45, 7) is 6.76. The molecule has 2 saturated heterocycles. The zero-order valence-electron chi connectivity index (χ0n) is 12.3. The number of hydrogen-bond acceptors (Lipinski definition) is 5. The van der Waals surface area contributed by atoms with Crippen molar-refractivity contribution in [3.05, 3.63) is 0 Å². The third-order valence-corrected chi connectivity index (χ3v) is 4.74. The van der Waals surface area contributed by atoms with Gasteiger partial charge in [-0.2, -0.15) is 5.11 Å². The lowest BCUT2D eigenvalue weighted by atomic mass is 10.0. The Morgan fingerprint density at radius 2 is 2.05 bits per heavy atom. The lowest BCUT2D eigenvalue weighted by Crippen LogP contribution is -2.49. The summed E-state index contributed by atoms with van der Waals surface area (Å²) in [7, 11) is 2.01. The quantitative estimate of drug-likeness (QED) is 0.732. The molecule has 0 bridgehead atoms. The Bertz CT molecular complexity index is 348. The fourth-order valence-electron chi connectivity index (χ4n) is 3.57. The van der Waals surface area contributed by atoms with Gasteiger partial charge in [0.15, 0.2) is 0 Å². The fraction of sp³-hybridized carbons (Fsp3) is 1.00. The molecule has 0 spiro atoms. The average Bonchev–Trinajstić information content (AvgIpc) is 2.98. The van der Waals surface area contributed by atoms with Gasteiger partial charge in [-0.1, -0.05) is 18.6 Å². The van der Waals surface area contributed by atoms with E-state index in [9.17, 15) is 0 Å². The molecule has 3 aliphatic heterocycles. The van der Waals surface area contributed by atoms with E-state index in [-0.39, 0.29) is 0 Å². The van der Waals surface area contributed by atoms with Crippen molar-refractivity contribution >= 4 is 0 Å². The number of likely N-dealkylation sites (tertiary alicyclic amines) is 1. The van der Waals surface area contributed by atoms with Gasteiger partial charge in [-0.3, -0.25) is 9.91 Å². The van der Waals surface area contributed by atoms with Gasteiger partial charge >= 0.3 is 0 Å². The Hall–Kier alpha value is -0.680. The van der Waals surface area contributed by atoms with Crippen LogP contribution < -0.4 is 0 Å². The summed E-state index contributed by atoms with van der Waals surface area (Å²) >= 11 is 0. The summed E-state index contributed by atoms with van der Waals surface area (Å²) in [5, 5.41) is 10.6. The summed E-state index contributed by atoms with van der Waals surface area (Å²) in [6.07, 6.45) is 5.85. The number of hydrogen-bond donors (Lipinski definition) is 0. The van der Waals surface area contributed by atoms with E-state index in [2.05, 4.69) is 29.1 Å². The van der Waals surface area contributed by atoms with Gasteiger partial charge in [-0.15, -0.1) is 0 Å². The molecule has 0 amide bonds. The highest BCUT2D eigenvalue weighted by atomic mass is 16.6. The van der Waals surface area contributed by atoms with E-state index in [1.54, 1.807) is 0 Å². The number of unbranched alkanes of at least 4 members (excludes halogenated alkanes) is 1. The predicted molar refractivity (Wildman–Crippen MR) is 74.0 cm³/mol. The van der Waals surface area contributed by atoms with Crippen LogP contribution in [0.2, 0.25) is 0 Å². The first-order chi connectivity index (χ1) is 9.19. The van der Waals surface area contributed by atoms with Crippen LogP contribution in [0.15, 0.2) is 10.3 Å². The summed E-state index contributed by atoms with van der Waals surface area (Å²) in [5.41, 5.74) is 0. The maximum absolute atomic E-state index is 5.79. The van der Waals surface area contributed by atoms with Crippen molar-refractivity contribution < 1.29 is 4.74 Å². The molecule has 19 heavy (non-hydrogen) atoms. The lowest BCUT2D eigenvalue weighted by molar-refractivity contribution is 0.0960. The van der Waals surface area contributed by atoms with Crippen LogP contribution in [0.3, 0.4) is 0 Å². The summed E-state index contributed by atoms with van der Waals surface area (Å²) in [5.74, 6) is 0. The van der Waals surface area contributed by atoms with Crippen molar-refractivity contribution in [3.63, 3.8) is 0 Å². The zero-order valence-corrected chi connectivity index (χ0v) is 12.3. The number of likely N-dealkylation sites (N-methyl/N-ethyl adjacent to an activating group) is 1. The van der Waals surface area contributed by atoms with E-state index >= 15 is 0 Å². The molecule has 0 aromatic heterocycles. The van der Waals surface area contributed by atoms with Crippen molar-refractivity contribution in [1.82, 2.24) is 9.91 Å². The first-order valence-corrected chi connectivity index (χ1v) is 7.72. The molecular formula is C14H26N4O. The minimum Gasteiger partial charge on any atom is -0.369 e. The third kappa shape index (κ3) is 2.77. The molecule has 3 heterocycles. The Morgan fingerprint density at radius 1 is 1.26 bits per heavy atom. The van der Waals surface area contributed by atoms with E-state index in [0.29, 0.717) is 30.3 Å². The third-order valence-electron chi connectivity index (χ3n) is 4.74. The van der Waals surface area contributed by atoms with Gasteiger partial charge in [0.25, 0.3) is 0 Å². The standard InChI is InChI=1S/C14H26N4O/c1-4-5-6-18-10(2)7-13-14(19-13)8-12(18)11-9-17(3)16-15-11/h10-14H,4-9H2,1-3H3/t10-,11?,12-,13?,14?/m0/s1. The van der Waals surface area contributed by atoms with Gasteiger partial charge in [0.2, 0.25) is 0 Å². The molecule has 3 unspecified atom stereocenters. The van der Waals surface area contributed by atoms with Crippen LogP contribution in [-0.4, -0.2) is 60.4 Å². The number of ether oxygens (including phenoxy) is 1. The Morgan fingerprint density at radius 3 is 2.74 bits per heavy atom. The molecule has 3 rings (SSSR count). The maximum atomic E-state index is 5.79. The highest BCUT2D eigenvalue weighted by Crippen LogP contribution is 2.38. The van der Waals surface area contributed by atoms with E-state index in [0.717, 1.165) is 13.0 Å². The monoisotopic (exact) mass is 266 g/mol. The first kappa shape index (κ1) is 13.3. The van der Waals surface area contributed by atoms with Crippen LogP contribution >= 0.6 is 0 Å². The highest BCUT2D eigenvalue weighted by Gasteiger charge is 2.48. The summed E-state index contributed by atoms with van der Waals surface area (Å²) in [6, 6.07) is 1.44. The van der Waals surface area contributed by atoms with Crippen LogP contribution in [0.1, 0.15) is 39.5 Å². The SMILES string of the molecule is CCCCN1[C@@H](C)CC2OC2C[C@H]1C1CN(C)N=N1. The van der Waals surface area contributed by atoms with E-state index in [1.165, 1.54) is 25.8 Å². The van der Waals surface area contributed by atoms with E-state index in [4.69, 9.17) is 4.74 Å². The van der Waals surface area contributed by atoms with Crippen molar-refractivity contribution in [3.8, 4) is 0 Å². The van der Waals surface area contributed by atoms with Crippen molar-refractivity contribution in [2.45, 2.75) is 69.9 Å². The molecule has 0 aromatic rings. The first-order valence-electron chi connectivity index (χ1n) is 7.72. The Kier molecular flexibility index (Phi) is 3.76. The number of fused-ring (bicyclic) bond motifs is 1. The van der Waals surface area contributed by atoms with Crippen molar-refractivity contribution in [2.24, 2.45) is 10.3 Å². The summed E-state index contributed by atoms with van der Waals surface area (Å²) < 4.78 is 5.79. The van der Waals surface area contributed by atoms with Crippen molar-refractivity contribution in [1.29, 1.82) is 0 Å². The molecule has 0 aromatic carbocycles. The minimum absolute atomic E-state index is 0.326. The molecule has 108 valence electrons. The van der Waals surface area contributed by atoms with Crippen LogP contribution in [-0.2, 0) is 4.74 Å². The highest BCUT2D eigenvalue weighted by molar-refractivity contribution is 5.01. The second-order valence-electron chi connectivity index (χ2n) is 6.30. The van der Waals surface area contributed by atoms with Gasteiger partial charge in [0.05, 0.1) is 18.8 Å². The topological polar surface area (TPSA) is 43.7 Å². The number of epoxide rings is 1. The van der Waals surface area contributed by atoms with Gasteiger partial charge in [0, 0.05) is 19.1 Å². The molecule has 0 saturated carbocycles. The molecule has 0 aliphatic carbocycles. The largest absolute Gasteiger partial charge is 0.369 e. The smallest absolute Gasteiger partial charge is 0.108 e. The van der Waals surface area contributed by atoms with Crippen LogP contribution in [0.25, 0.3) is 0 Å². The molecule has 5 atom stereocenters. The van der Waals surface area contributed by atoms with E-state index in [1.807, 2.05) is 12.1 Å². The van der Waals surface area contributed by atoms with Gasteiger partial charge in [-0.25, -0.2) is 0 Å². The minimum atomic E-state index is 0.326. The molecular weight excluding hydrogens is 240 g/mol. The van der Waals surface area contributed by atoms with Gasteiger partial charge in [0.1, 0.15) is 6.04 Å². The molecule has 3 aliphatic rings. The average molecular weight is 266 g/mol. The molecule has 0 N–H and O–H groups in total. The van der Waals surface area contributed by atoms with Crippen LogP contribution in [0.5, 0.6) is 0 Å². The summed E-state index contributed by atoms with van der Waals surface area (Å²) in [4.78, 5) is 2.68. The number of nitrogens with zero attached hydrogens (tertiary/aromatic N) is 4. The second-order valence-corrected chi connectivity index (χ2v) is 6.30. The van der Waals surface area contributed by atoms with Crippen molar-refractivity contribution in [2.75, 3.05) is 20.1 Å². The van der Waals surface area contributed by atoms with E-state index < -0.39 is 0 Å². The zero-order chi connectivity index (χ0) is 13.4. The molecule has 5 heteroatoms. The van der Waals surface area contributed by atoms with Gasteiger partial charge < -0.3 is 4.74 Å². The Labute approximate surface area is 116 Å². The molecule has 0 radical (unpaired) electrons. The molecule has 5 nitrogen and oxygen atoms in total. The normalized spacial score (nSPS) is 42.3. The predicted octanol–water partition coefficient (Wildman–Crippen LogP) is 2.09. The number of rotatable bonds is 4. The Balaban J connectivity index is 1.73.